The number of carbonyl (C=O) groups excluding carboxylic acids is 2. The Hall–Kier alpha value is -2.80. The maximum atomic E-state index is 12.1. The SMILES string of the molecule is O=C(/C=C/c1ccccc1Br)NNC(=O)C1COc2ccccc2O1. The van der Waals surface area contributed by atoms with Gasteiger partial charge in [-0.15, -0.1) is 0 Å². The van der Waals surface area contributed by atoms with Crippen molar-refractivity contribution in [1.82, 2.24) is 10.9 Å². The molecule has 2 aromatic rings. The van der Waals surface area contributed by atoms with Gasteiger partial charge in [0.15, 0.2) is 11.5 Å². The van der Waals surface area contributed by atoms with Gasteiger partial charge in [-0.25, -0.2) is 0 Å². The summed E-state index contributed by atoms with van der Waals surface area (Å²) < 4.78 is 11.9. The van der Waals surface area contributed by atoms with E-state index in [4.69, 9.17) is 9.47 Å². The first-order valence-corrected chi connectivity index (χ1v) is 8.34. The molecule has 0 fully saturated rings. The fourth-order valence-electron chi connectivity index (χ4n) is 2.17. The topological polar surface area (TPSA) is 76.7 Å². The smallest absolute Gasteiger partial charge is 0.283 e. The number of fused-ring (bicyclic) bond motifs is 1. The molecule has 2 aromatic carbocycles. The predicted molar refractivity (Wildman–Crippen MR) is 95.8 cm³/mol. The van der Waals surface area contributed by atoms with Crippen LogP contribution in [-0.4, -0.2) is 24.5 Å². The molecule has 1 heterocycles. The second-order valence-electron chi connectivity index (χ2n) is 5.20. The molecule has 2 amide bonds. The Balaban J connectivity index is 1.51. The summed E-state index contributed by atoms with van der Waals surface area (Å²) in [6, 6.07) is 14.6. The minimum atomic E-state index is -0.831. The first-order valence-electron chi connectivity index (χ1n) is 7.54. The zero-order valence-corrected chi connectivity index (χ0v) is 14.7. The summed E-state index contributed by atoms with van der Waals surface area (Å²) in [5, 5.41) is 0. The molecule has 25 heavy (non-hydrogen) atoms. The van der Waals surface area contributed by atoms with E-state index in [0.29, 0.717) is 11.5 Å². The first-order chi connectivity index (χ1) is 12.1. The lowest BCUT2D eigenvalue weighted by Crippen LogP contribution is -2.50. The number of carbonyl (C=O) groups is 2. The van der Waals surface area contributed by atoms with Crippen molar-refractivity contribution in [1.29, 1.82) is 0 Å². The van der Waals surface area contributed by atoms with Gasteiger partial charge in [0, 0.05) is 10.5 Å². The molecule has 128 valence electrons. The van der Waals surface area contributed by atoms with E-state index in [1.54, 1.807) is 24.3 Å². The highest BCUT2D eigenvalue weighted by molar-refractivity contribution is 9.10. The number of hydrazine groups is 1. The van der Waals surface area contributed by atoms with Gasteiger partial charge in [0.1, 0.15) is 6.61 Å². The Kier molecular flexibility index (Phi) is 5.35. The summed E-state index contributed by atoms with van der Waals surface area (Å²) in [5.74, 6) is 0.138. The third-order valence-corrected chi connectivity index (χ3v) is 4.15. The number of rotatable bonds is 3. The van der Waals surface area contributed by atoms with Gasteiger partial charge in [-0.1, -0.05) is 46.3 Å². The van der Waals surface area contributed by atoms with E-state index in [9.17, 15) is 9.59 Å². The number of amides is 2. The average Bonchev–Trinajstić information content (AvgIpc) is 2.65. The molecule has 1 atom stereocenters. The minimum absolute atomic E-state index is 0.0749. The lowest BCUT2D eigenvalue weighted by atomic mass is 10.2. The lowest BCUT2D eigenvalue weighted by molar-refractivity contribution is -0.134. The Morgan fingerprint density at radius 1 is 1.04 bits per heavy atom. The molecule has 0 aliphatic carbocycles. The molecule has 0 aromatic heterocycles. The highest BCUT2D eigenvalue weighted by atomic mass is 79.9. The van der Waals surface area contributed by atoms with Gasteiger partial charge in [0.2, 0.25) is 6.10 Å². The Morgan fingerprint density at radius 2 is 1.76 bits per heavy atom. The minimum Gasteiger partial charge on any atom is -0.485 e. The normalized spacial score (nSPS) is 15.6. The molecule has 6 nitrogen and oxygen atoms in total. The number of halogens is 1. The molecule has 0 saturated heterocycles. The molecule has 0 saturated carbocycles. The third-order valence-electron chi connectivity index (χ3n) is 3.43. The van der Waals surface area contributed by atoms with E-state index in [-0.39, 0.29) is 6.61 Å². The van der Waals surface area contributed by atoms with E-state index in [0.717, 1.165) is 10.0 Å². The molecule has 1 unspecified atom stereocenters. The van der Waals surface area contributed by atoms with Crippen molar-refractivity contribution >= 4 is 33.8 Å². The summed E-state index contributed by atoms with van der Waals surface area (Å²) in [6.45, 7) is 0.0749. The van der Waals surface area contributed by atoms with Crippen LogP contribution in [0.25, 0.3) is 6.08 Å². The van der Waals surface area contributed by atoms with E-state index < -0.39 is 17.9 Å². The van der Waals surface area contributed by atoms with Gasteiger partial charge in [0.05, 0.1) is 0 Å². The maximum absolute atomic E-state index is 12.1. The van der Waals surface area contributed by atoms with Gasteiger partial charge >= 0.3 is 0 Å². The summed E-state index contributed by atoms with van der Waals surface area (Å²) in [6.07, 6.45) is 2.14. The molecule has 3 rings (SSSR count). The van der Waals surface area contributed by atoms with Gasteiger partial charge in [-0.3, -0.25) is 20.4 Å². The molecule has 0 radical (unpaired) electrons. The van der Waals surface area contributed by atoms with Gasteiger partial charge in [-0.05, 0) is 29.8 Å². The monoisotopic (exact) mass is 402 g/mol. The van der Waals surface area contributed by atoms with E-state index in [2.05, 4.69) is 26.8 Å². The number of benzene rings is 2. The van der Waals surface area contributed by atoms with Crippen molar-refractivity contribution in [2.75, 3.05) is 6.61 Å². The van der Waals surface area contributed by atoms with Crippen LogP contribution in [0.1, 0.15) is 5.56 Å². The fourth-order valence-corrected chi connectivity index (χ4v) is 2.59. The van der Waals surface area contributed by atoms with Gasteiger partial charge in [0.25, 0.3) is 11.8 Å². The van der Waals surface area contributed by atoms with Crippen LogP contribution in [0.15, 0.2) is 59.1 Å². The molecular weight excluding hydrogens is 388 g/mol. The van der Waals surface area contributed by atoms with Crippen LogP contribution in [0.5, 0.6) is 11.5 Å². The van der Waals surface area contributed by atoms with Crippen molar-refractivity contribution in [3.63, 3.8) is 0 Å². The predicted octanol–water partition coefficient (Wildman–Crippen LogP) is 2.45. The number of hydrogen-bond donors (Lipinski definition) is 2. The summed E-state index contributed by atoms with van der Waals surface area (Å²) >= 11 is 3.39. The average molecular weight is 403 g/mol. The van der Waals surface area contributed by atoms with Crippen LogP contribution in [0.4, 0.5) is 0 Å². The number of nitrogens with one attached hydrogen (secondary N) is 2. The van der Waals surface area contributed by atoms with E-state index in [1.165, 1.54) is 6.08 Å². The quantitative estimate of drug-likeness (QED) is 0.610. The van der Waals surface area contributed by atoms with E-state index >= 15 is 0 Å². The van der Waals surface area contributed by atoms with Crippen molar-refractivity contribution in [2.45, 2.75) is 6.10 Å². The molecule has 2 N–H and O–H groups in total. The first kappa shape index (κ1) is 17.0. The molecule has 1 aliphatic rings. The highest BCUT2D eigenvalue weighted by Crippen LogP contribution is 2.30. The maximum Gasteiger partial charge on any atom is 0.283 e. The van der Waals surface area contributed by atoms with Crippen molar-refractivity contribution < 1.29 is 19.1 Å². The largest absolute Gasteiger partial charge is 0.485 e. The van der Waals surface area contributed by atoms with Crippen LogP contribution in [0.2, 0.25) is 0 Å². The molecule has 0 spiro atoms. The summed E-state index contributed by atoms with van der Waals surface area (Å²) in [5.41, 5.74) is 5.50. The molecule has 1 aliphatic heterocycles. The zero-order chi connectivity index (χ0) is 17.6. The molecular formula is C18H15BrN2O4. The number of para-hydroxylation sites is 2. The number of ether oxygens (including phenoxy) is 2. The lowest BCUT2D eigenvalue weighted by Gasteiger charge is -2.25. The van der Waals surface area contributed by atoms with Gasteiger partial charge < -0.3 is 9.47 Å². The highest BCUT2D eigenvalue weighted by Gasteiger charge is 2.27. The van der Waals surface area contributed by atoms with Crippen molar-refractivity contribution in [3.05, 3.63) is 64.6 Å². The van der Waals surface area contributed by atoms with Crippen molar-refractivity contribution in [2.24, 2.45) is 0 Å². The van der Waals surface area contributed by atoms with Crippen LogP contribution < -0.4 is 20.3 Å². The standard InChI is InChI=1S/C18H15BrN2O4/c19-13-6-2-1-5-12(13)9-10-17(22)20-21-18(23)16-11-24-14-7-3-4-8-15(14)25-16/h1-10,16H,11H2,(H,20,22)(H,21,23)/b10-9+. The van der Waals surface area contributed by atoms with Crippen LogP contribution in [-0.2, 0) is 9.59 Å². The second kappa shape index (κ2) is 7.85. The second-order valence-corrected chi connectivity index (χ2v) is 6.05. The Morgan fingerprint density at radius 3 is 2.56 bits per heavy atom. The summed E-state index contributed by atoms with van der Waals surface area (Å²) in [7, 11) is 0. The van der Waals surface area contributed by atoms with E-state index in [1.807, 2.05) is 30.3 Å². The van der Waals surface area contributed by atoms with Crippen molar-refractivity contribution in [3.8, 4) is 11.5 Å². The Labute approximate surface area is 152 Å². The molecule has 0 bridgehead atoms. The van der Waals surface area contributed by atoms with Gasteiger partial charge in [-0.2, -0.15) is 0 Å². The number of hydrogen-bond acceptors (Lipinski definition) is 4. The fraction of sp³-hybridized carbons (Fsp3) is 0.111. The zero-order valence-electron chi connectivity index (χ0n) is 13.1. The molecule has 7 heteroatoms. The Bertz CT molecular complexity index is 822. The van der Waals surface area contributed by atoms with Crippen LogP contribution in [0, 0.1) is 0 Å². The van der Waals surface area contributed by atoms with Crippen LogP contribution in [0.3, 0.4) is 0 Å². The van der Waals surface area contributed by atoms with Crippen LogP contribution >= 0.6 is 15.9 Å². The summed E-state index contributed by atoms with van der Waals surface area (Å²) in [4.78, 5) is 23.9. The third kappa shape index (κ3) is 4.39.